The van der Waals surface area contributed by atoms with Crippen LogP contribution in [-0.4, -0.2) is 19.1 Å². The van der Waals surface area contributed by atoms with Crippen LogP contribution < -0.4 is 10.6 Å². The van der Waals surface area contributed by atoms with Gasteiger partial charge in [-0.2, -0.15) is 0 Å². The Hall–Kier alpha value is -1.02. The summed E-state index contributed by atoms with van der Waals surface area (Å²) < 4.78 is 0. The molecular weight excluding hydrogens is 184 g/mol. The van der Waals surface area contributed by atoms with Crippen molar-refractivity contribution < 1.29 is 0 Å². The second kappa shape index (κ2) is 4.23. The van der Waals surface area contributed by atoms with Crippen LogP contribution in [0.15, 0.2) is 24.3 Å². The van der Waals surface area contributed by atoms with Crippen molar-refractivity contribution in [1.29, 1.82) is 0 Å². The maximum absolute atomic E-state index is 5.76. The normalized spacial score (nSPS) is 22.3. The van der Waals surface area contributed by atoms with Crippen molar-refractivity contribution in [3.8, 4) is 0 Å². The molecule has 0 bridgehead atoms. The molecule has 2 heteroatoms. The standard InChI is InChI=1S/C13H20N2/c1-10-7-12-5-3-4-6-13(12)15(9-10)11(2)8-14/h3-6,10-11H,7-9,14H2,1-2H3. The highest BCUT2D eigenvalue weighted by atomic mass is 15.2. The van der Waals surface area contributed by atoms with Crippen LogP contribution >= 0.6 is 0 Å². The second-order valence-corrected chi connectivity index (χ2v) is 4.68. The summed E-state index contributed by atoms with van der Waals surface area (Å²) in [4.78, 5) is 2.45. The molecule has 2 nitrogen and oxygen atoms in total. The predicted molar refractivity (Wildman–Crippen MR) is 65.2 cm³/mol. The third-order valence-corrected chi connectivity index (χ3v) is 3.25. The molecule has 1 heterocycles. The molecule has 0 amide bonds. The van der Waals surface area contributed by atoms with Gasteiger partial charge in [0.2, 0.25) is 0 Å². The molecule has 0 aliphatic carbocycles. The SMILES string of the molecule is CC1Cc2ccccc2N(C(C)CN)C1. The Morgan fingerprint density at radius 1 is 1.47 bits per heavy atom. The maximum Gasteiger partial charge on any atom is 0.0401 e. The van der Waals surface area contributed by atoms with E-state index in [1.54, 1.807) is 0 Å². The highest BCUT2D eigenvalue weighted by Gasteiger charge is 2.23. The summed E-state index contributed by atoms with van der Waals surface area (Å²) in [6.45, 7) is 6.37. The van der Waals surface area contributed by atoms with E-state index in [9.17, 15) is 0 Å². The first kappa shape index (κ1) is 10.5. The van der Waals surface area contributed by atoms with Gasteiger partial charge in [-0.3, -0.25) is 0 Å². The van der Waals surface area contributed by atoms with E-state index in [-0.39, 0.29) is 0 Å². The zero-order chi connectivity index (χ0) is 10.8. The number of hydrogen-bond donors (Lipinski definition) is 1. The van der Waals surface area contributed by atoms with Gasteiger partial charge in [0.1, 0.15) is 0 Å². The molecule has 2 unspecified atom stereocenters. The maximum atomic E-state index is 5.76. The number of fused-ring (bicyclic) bond motifs is 1. The lowest BCUT2D eigenvalue weighted by molar-refractivity contribution is 0.496. The van der Waals surface area contributed by atoms with Crippen LogP contribution in [0.1, 0.15) is 19.4 Å². The van der Waals surface area contributed by atoms with Crippen LogP contribution in [-0.2, 0) is 6.42 Å². The van der Waals surface area contributed by atoms with Gasteiger partial charge < -0.3 is 10.6 Å². The first-order valence-electron chi connectivity index (χ1n) is 5.77. The largest absolute Gasteiger partial charge is 0.367 e. The Bertz CT molecular complexity index is 335. The van der Waals surface area contributed by atoms with Crippen molar-refractivity contribution in [2.24, 2.45) is 11.7 Å². The molecule has 82 valence electrons. The van der Waals surface area contributed by atoms with E-state index in [0.717, 1.165) is 19.0 Å². The fourth-order valence-electron chi connectivity index (χ4n) is 2.38. The molecule has 0 aromatic heterocycles. The molecule has 1 aromatic rings. The quantitative estimate of drug-likeness (QED) is 0.798. The van der Waals surface area contributed by atoms with E-state index in [4.69, 9.17) is 5.73 Å². The molecule has 2 N–H and O–H groups in total. The molecule has 0 saturated heterocycles. The fourth-order valence-corrected chi connectivity index (χ4v) is 2.38. The lowest BCUT2D eigenvalue weighted by Crippen LogP contribution is -2.44. The zero-order valence-corrected chi connectivity index (χ0v) is 9.61. The third-order valence-electron chi connectivity index (χ3n) is 3.25. The summed E-state index contributed by atoms with van der Waals surface area (Å²) >= 11 is 0. The Kier molecular flexibility index (Phi) is 2.96. The summed E-state index contributed by atoms with van der Waals surface area (Å²) in [5.41, 5.74) is 8.62. The summed E-state index contributed by atoms with van der Waals surface area (Å²) in [6, 6.07) is 9.14. The van der Waals surface area contributed by atoms with Gasteiger partial charge in [-0.25, -0.2) is 0 Å². The number of nitrogens with zero attached hydrogens (tertiary/aromatic N) is 1. The van der Waals surface area contributed by atoms with Crippen molar-refractivity contribution >= 4 is 5.69 Å². The monoisotopic (exact) mass is 204 g/mol. The number of nitrogens with two attached hydrogens (primary N) is 1. The van der Waals surface area contributed by atoms with Gasteiger partial charge in [0.15, 0.2) is 0 Å². The van der Waals surface area contributed by atoms with E-state index in [1.807, 2.05) is 0 Å². The highest BCUT2D eigenvalue weighted by Crippen LogP contribution is 2.30. The molecule has 0 saturated carbocycles. The van der Waals surface area contributed by atoms with Crippen molar-refractivity contribution in [3.05, 3.63) is 29.8 Å². The van der Waals surface area contributed by atoms with E-state index < -0.39 is 0 Å². The number of benzene rings is 1. The molecule has 1 aromatic carbocycles. The summed E-state index contributed by atoms with van der Waals surface area (Å²) in [5, 5.41) is 0. The average molecular weight is 204 g/mol. The molecule has 15 heavy (non-hydrogen) atoms. The molecule has 2 rings (SSSR count). The van der Waals surface area contributed by atoms with E-state index >= 15 is 0 Å². The van der Waals surface area contributed by atoms with Crippen LogP contribution in [0.5, 0.6) is 0 Å². The van der Waals surface area contributed by atoms with E-state index in [2.05, 4.69) is 43.0 Å². The van der Waals surface area contributed by atoms with Crippen LogP contribution in [0, 0.1) is 5.92 Å². The second-order valence-electron chi connectivity index (χ2n) is 4.68. The van der Waals surface area contributed by atoms with Gasteiger partial charge >= 0.3 is 0 Å². The fraction of sp³-hybridized carbons (Fsp3) is 0.538. The smallest absolute Gasteiger partial charge is 0.0401 e. The number of anilines is 1. The Balaban J connectivity index is 2.34. The summed E-state index contributed by atoms with van der Waals surface area (Å²) in [6.07, 6.45) is 1.20. The number of rotatable bonds is 2. The lowest BCUT2D eigenvalue weighted by atomic mass is 9.93. The van der Waals surface area contributed by atoms with Gasteiger partial charge in [0.25, 0.3) is 0 Å². The third kappa shape index (κ3) is 2.00. The topological polar surface area (TPSA) is 29.3 Å². The zero-order valence-electron chi connectivity index (χ0n) is 9.61. The molecule has 1 aliphatic rings. The minimum absolute atomic E-state index is 0.439. The number of hydrogen-bond acceptors (Lipinski definition) is 2. The molecule has 1 aliphatic heterocycles. The van der Waals surface area contributed by atoms with E-state index in [0.29, 0.717) is 6.04 Å². The van der Waals surface area contributed by atoms with Crippen molar-refractivity contribution in [3.63, 3.8) is 0 Å². The minimum Gasteiger partial charge on any atom is -0.367 e. The Labute approximate surface area is 92.1 Å². The Morgan fingerprint density at radius 3 is 2.93 bits per heavy atom. The van der Waals surface area contributed by atoms with Crippen LogP contribution in [0.3, 0.4) is 0 Å². The average Bonchev–Trinajstić information content (AvgIpc) is 2.26. The van der Waals surface area contributed by atoms with Crippen LogP contribution in [0.4, 0.5) is 5.69 Å². The molecule has 2 atom stereocenters. The first-order chi connectivity index (χ1) is 7.22. The van der Waals surface area contributed by atoms with Crippen molar-refractivity contribution in [2.75, 3.05) is 18.0 Å². The van der Waals surface area contributed by atoms with Crippen LogP contribution in [0.25, 0.3) is 0 Å². The van der Waals surface area contributed by atoms with Gasteiger partial charge in [0, 0.05) is 24.8 Å². The van der Waals surface area contributed by atoms with E-state index in [1.165, 1.54) is 17.7 Å². The molecule has 0 spiro atoms. The highest BCUT2D eigenvalue weighted by molar-refractivity contribution is 5.56. The predicted octanol–water partition coefficient (Wildman–Crippen LogP) is 2.03. The molecular formula is C13H20N2. The molecule has 0 fully saturated rings. The van der Waals surface area contributed by atoms with Gasteiger partial charge in [0.05, 0.1) is 0 Å². The van der Waals surface area contributed by atoms with Gasteiger partial charge in [-0.1, -0.05) is 25.1 Å². The minimum atomic E-state index is 0.439. The molecule has 0 radical (unpaired) electrons. The van der Waals surface area contributed by atoms with Crippen molar-refractivity contribution in [2.45, 2.75) is 26.3 Å². The van der Waals surface area contributed by atoms with Crippen molar-refractivity contribution in [1.82, 2.24) is 0 Å². The van der Waals surface area contributed by atoms with Crippen LogP contribution in [0.2, 0.25) is 0 Å². The number of para-hydroxylation sites is 1. The lowest BCUT2D eigenvalue weighted by Gasteiger charge is -2.38. The first-order valence-corrected chi connectivity index (χ1v) is 5.77. The van der Waals surface area contributed by atoms with Gasteiger partial charge in [-0.15, -0.1) is 0 Å². The Morgan fingerprint density at radius 2 is 2.20 bits per heavy atom. The summed E-state index contributed by atoms with van der Waals surface area (Å²) in [7, 11) is 0. The van der Waals surface area contributed by atoms with Gasteiger partial charge in [-0.05, 0) is 30.9 Å². The summed E-state index contributed by atoms with van der Waals surface area (Å²) in [5.74, 6) is 0.730.